The number of rotatable bonds is 0. The van der Waals surface area contributed by atoms with E-state index in [0.717, 1.165) is 0 Å². The van der Waals surface area contributed by atoms with Crippen LogP contribution in [-0.4, -0.2) is 10.4 Å². The zero-order valence-corrected chi connectivity index (χ0v) is 4.30. The molecule has 0 radical (unpaired) electrons. The van der Waals surface area contributed by atoms with E-state index in [-0.39, 0.29) is 0 Å². The van der Waals surface area contributed by atoms with Gasteiger partial charge in [0.2, 0.25) is 0 Å². The molecule has 0 aromatic carbocycles. The molecular formula is H3N2OSi+. The second-order valence-corrected chi connectivity index (χ2v) is 0.682. The van der Waals surface area contributed by atoms with Crippen LogP contribution in [0.2, 0.25) is 0 Å². The molecule has 0 aromatic heterocycles. The van der Waals surface area contributed by atoms with Gasteiger partial charge >= 0.3 is 15.5 Å². The topological polar surface area (TPSA) is 31.8 Å². The molecule has 0 atom stereocenters. The predicted molar refractivity (Wildman–Crippen MR) is 20.0 cm³/mol. The molecule has 4 heteroatoms. The predicted octanol–water partition coefficient (Wildman–Crippen LogP) is -0.573. The third-order valence-electron chi connectivity index (χ3n) is 0.0816. The molecule has 0 aliphatic carbocycles. The zero-order chi connectivity index (χ0) is 3.41. The summed E-state index contributed by atoms with van der Waals surface area (Å²) in [5.74, 6) is 0. The van der Waals surface area contributed by atoms with E-state index in [4.69, 9.17) is 5.21 Å². The molecule has 0 N–H and O–H groups in total. The lowest BCUT2D eigenvalue weighted by atomic mass is 13.2. The Labute approximate surface area is 26.5 Å². The van der Waals surface area contributed by atoms with Crippen molar-refractivity contribution in [3.05, 3.63) is 15.0 Å². The van der Waals surface area contributed by atoms with Crippen molar-refractivity contribution in [1.82, 2.24) is 0 Å². The number of nitrogens with zero attached hydrogens (tertiary/aromatic N) is 2. The Morgan fingerprint density at radius 2 is 2.00 bits per heavy atom. The normalized spacial score (nSPS) is 4.00. The molecule has 0 saturated carbocycles. The molecule has 0 aliphatic heterocycles. The van der Waals surface area contributed by atoms with Crippen LogP contribution in [0.4, 0.5) is 0 Å². The largest absolute Gasteiger partial charge is 0.584 e. The Morgan fingerprint density at radius 3 is 2.00 bits per heavy atom. The first-order valence-electron chi connectivity index (χ1n) is 0.830. The lowest BCUT2D eigenvalue weighted by Gasteiger charge is -1.25. The van der Waals surface area contributed by atoms with E-state index in [9.17, 15) is 0 Å². The molecule has 0 spiro atoms. The van der Waals surface area contributed by atoms with Gasteiger partial charge in [0.15, 0.2) is 0 Å². The van der Waals surface area contributed by atoms with Crippen molar-refractivity contribution in [2.24, 2.45) is 0 Å². The highest BCUT2D eigenvalue weighted by atomic mass is 28.2. The molecule has 4 heavy (non-hydrogen) atoms. The van der Waals surface area contributed by atoms with Crippen molar-refractivity contribution < 1.29 is 0 Å². The average Bonchev–Trinajstić information content (AvgIpc) is 1.37. The lowest BCUT2D eigenvalue weighted by Crippen LogP contribution is -1.27. The van der Waals surface area contributed by atoms with Gasteiger partial charge in [-0.3, -0.25) is 0 Å². The molecule has 0 aliphatic rings. The maximum absolute atomic E-state index is 8.79. The maximum Gasteiger partial charge on any atom is 0.584 e. The summed E-state index contributed by atoms with van der Waals surface area (Å²) in [6.07, 6.45) is 0. The first kappa shape index (κ1) is 3.44. The van der Waals surface area contributed by atoms with Gasteiger partial charge in [-0.25, -0.2) is 0 Å². The fourth-order valence-corrected chi connectivity index (χ4v) is 0. The summed E-state index contributed by atoms with van der Waals surface area (Å²) in [6.45, 7) is 0. The number of hydrogen-bond donors (Lipinski definition) is 0. The Hall–Kier alpha value is -0.563. The summed E-state index contributed by atoms with van der Waals surface area (Å²) in [6, 6.07) is 0. The molecule has 0 fully saturated rings. The SMILES string of the molecule is [O-][N+]#[N+][SiH3]. The summed E-state index contributed by atoms with van der Waals surface area (Å²) in [4.78, 5) is 0. The minimum absolute atomic E-state index is 0.535. The summed E-state index contributed by atoms with van der Waals surface area (Å²) in [5, 5.41) is 11.0. The van der Waals surface area contributed by atoms with E-state index >= 15 is 0 Å². The van der Waals surface area contributed by atoms with Crippen molar-refractivity contribution in [2.75, 3.05) is 0 Å². The van der Waals surface area contributed by atoms with Crippen molar-refractivity contribution >= 4 is 10.4 Å². The van der Waals surface area contributed by atoms with E-state index in [1.54, 1.807) is 0 Å². The molecule has 0 aromatic rings. The van der Waals surface area contributed by atoms with Gasteiger partial charge < -0.3 is 5.21 Å². The molecule has 0 heterocycles. The van der Waals surface area contributed by atoms with Crippen LogP contribution in [0.25, 0.3) is 9.78 Å². The number of diazo groups is 1. The lowest BCUT2D eigenvalue weighted by molar-refractivity contribution is 2.16. The summed E-state index contributed by atoms with van der Waals surface area (Å²) in [7, 11) is 0.535. The van der Waals surface area contributed by atoms with Gasteiger partial charge in [-0.2, -0.15) is 0 Å². The highest BCUT2D eigenvalue weighted by molar-refractivity contribution is 6.13. The summed E-state index contributed by atoms with van der Waals surface area (Å²) >= 11 is 0. The standard InChI is InChI=1S/H3N2OSi/c3-1-2-4/h4H3/q+1. The summed E-state index contributed by atoms with van der Waals surface area (Å²) in [5.41, 5.74) is 0. The second-order valence-electron chi connectivity index (χ2n) is 0.282. The van der Waals surface area contributed by atoms with E-state index in [0.29, 0.717) is 10.4 Å². The van der Waals surface area contributed by atoms with Crippen LogP contribution in [0.15, 0.2) is 0 Å². The van der Waals surface area contributed by atoms with Crippen LogP contribution in [0.5, 0.6) is 0 Å². The maximum atomic E-state index is 8.79. The fraction of sp³-hybridized carbons (Fsp3) is 0. The number of hydrogen-bond acceptors (Lipinski definition) is 1. The van der Waals surface area contributed by atoms with Gasteiger partial charge in [0, 0.05) is 0 Å². The van der Waals surface area contributed by atoms with Crippen LogP contribution in [0.3, 0.4) is 0 Å². The van der Waals surface area contributed by atoms with Crippen molar-refractivity contribution in [3.8, 4) is 0 Å². The molecule has 0 amide bonds. The van der Waals surface area contributed by atoms with Gasteiger partial charge in [0.25, 0.3) is 0 Å². The average molecular weight is 75.1 g/mol. The van der Waals surface area contributed by atoms with Gasteiger partial charge in [-0.15, -0.1) is 0 Å². The first-order chi connectivity index (χ1) is 1.91. The molecule has 0 bridgehead atoms. The van der Waals surface area contributed by atoms with E-state index in [1.807, 2.05) is 0 Å². The molecule has 22 valence electrons. The van der Waals surface area contributed by atoms with E-state index in [2.05, 4.69) is 9.78 Å². The van der Waals surface area contributed by atoms with Gasteiger partial charge in [0.1, 0.15) is 4.64 Å². The quantitative estimate of drug-likeness (QED) is 0.215. The van der Waals surface area contributed by atoms with Crippen molar-refractivity contribution in [2.45, 2.75) is 0 Å². The second kappa shape index (κ2) is 2.44. The monoisotopic (exact) mass is 75.0 g/mol. The Morgan fingerprint density at radius 1 is 1.75 bits per heavy atom. The smallest absolute Gasteiger partial charge is 0.431 e. The Balaban J connectivity index is 2.83. The first-order valence-corrected chi connectivity index (χ1v) is 1.72. The molecule has 0 saturated heterocycles. The van der Waals surface area contributed by atoms with Gasteiger partial charge in [-0.05, 0) is 0 Å². The Bertz CT molecular complexity index is 42.8. The van der Waals surface area contributed by atoms with E-state index < -0.39 is 0 Å². The van der Waals surface area contributed by atoms with Gasteiger partial charge in [0.05, 0.1) is 0 Å². The molecule has 0 unspecified atom stereocenters. The van der Waals surface area contributed by atoms with Crippen LogP contribution in [0, 0.1) is 5.21 Å². The fourth-order valence-electron chi connectivity index (χ4n) is 0. The minimum Gasteiger partial charge on any atom is -0.431 e. The van der Waals surface area contributed by atoms with Crippen LogP contribution in [-0.2, 0) is 0 Å². The van der Waals surface area contributed by atoms with Crippen LogP contribution < -0.4 is 0 Å². The van der Waals surface area contributed by atoms with Crippen LogP contribution >= 0.6 is 0 Å². The molecule has 0 rings (SSSR count). The van der Waals surface area contributed by atoms with Crippen LogP contribution in [0.1, 0.15) is 0 Å². The summed E-state index contributed by atoms with van der Waals surface area (Å²) < 4.78 is 2.94. The third kappa shape index (κ3) is 1.44. The van der Waals surface area contributed by atoms with E-state index in [1.165, 1.54) is 0 Å². The highest BCUT2D eigenvalue weighted by Gasteiger charge is 1.59. The zero-order valence-electron chi connectivity index (χ0n) is 2.30. The molecule has 3 nitrogen and oxygen atoms in total. The van der Waals surface area contributed by atoms with Crippen molar-refractivity contribution in [1.29, 1.82) is 0 Å². The minimum atomic E-state index is 0.535. The highest BCUT2D eigenvalue weighted by Crippen LogP contribution is 1.49. The molecular weight excluding hydrogens is 72.1 g/mol. The Kier molecular flexibility index (Phi) is 2.09. The van der Waals surface area contributed by atoms with Crippen molar-refractivity contribution in [3.63, 3.8) is 0 Å². The third-order valence-corrected chi connectivity index (χ3v) is 0.245. The van der Waals surface area contributed by atoms with Gasteiger partial charge in [-0.1, -0.05) is 0 Å².